The zero-order chi connectivity index (χ0) is 25.5. The second kappa shape index (κ2) is 11.7. The molecule has 1 aliphatic heterocycles. The van der Waals surface area contributed by atoms with E-state index in [0.717, 1.165) is 48.7 Å². The molecule has 0 saturated carbocycles. The fourth-order valence-corrected chi connectivity index (χ4v) is 4.73. The highest BCUT2D eigenvalue weighted by atomic mass is 32.2. The molecule has 192 valence electrons. The third kappa shape index (κ3) is 7.14. The van der Waals surface area contributed by atoms with Crippen LogP contribution >= 0.6 is 0 Å². The largest absolute Gasteiger partial charge is 0.369 e. The number of rotatable bonds is 10. The fraction of sp³-hybridized carbons (Fsp3) is 0.360. The zero-order valence-electron chi connectivity index (χ0n) is 21.0. The molecule has 0 bridgehead atoms. The molecule has 11 heteroatoms. The molecule has 0 aliphatic carbocycles. The summed E-state index contributed by atoms with van der Waals surface area (Å²) >= 11 is 0. The van der Waals surface area contributed by atoms with E-state index >= 15 is 0 Å². The Morgan fingerprint density at radius 1 is 0.944 bits per heavy atom. The molecule has 1 saturated heterocycles. The molecular formula is C25H34N8O2S. The molecule has 1 aliphatic rings. The molecule has 0 radical (unpaired) electrons. The maximum Gasteiger partial charge on any atom is 0.277 e. The highest BCUT2D eigenvalue weighted by Crippen LogP contribution is 2.24. The first-order valence-corrected chi connectivity index (χ1v) is 13.5. The first-order chi connectivity index (χ1) is 17.3. The number of nitrogens with one attached hydrogen (secondary N) is 4. The van der Waals surface area contributed by atoms with Crippen LogP contribution in [0.1, 0.15) is 18.1 Å². The highest BCUT2D eigenvalue weighted by molar-refractivity contribution is 7.87. The van der Waals surface area contributed by atoms with Crippen LogP contribution in [-0.2, 0) is 16.8 Å². The second-order valence-corrected chi connectivity index (χ2v) is 10.4. The van der Waals surface area contributed by atoms with Gasteiger partial charge in [-0.25, -0.2) is 9.71 Å². The van der Waals surface area contributed by atoms with Gasteiger partial charge in [-0.2, -0.15) is 18.1 Å². The minimum Gasteiger partial charge on any atom is -0.369 e. The predicted molar refractivity (Wildman–Crippen MR) is 145 cm³/mol. The molecule has 4 N–H and O–H groups in total. The number of anilines is 5. The quantitative estimate of drug-likeness (QED) is 0.329. The van der Waals surface area contributed by atoms with Gasteiger partial charge in [0.25, 0.3) is 10.2 Å². The lowest BCUT2D eigenvalue weighted by Crippen LogP contribution is -2.44. The number of hydrogen-bond donors (Lipinski definition) is 4. The maximum absolute atomic E-state index is 11.9. The Bertz CT molecular complexity index is 1260. The lowest BCUT2D eigenvalue weighted by atomic mass is 10.2. The van der Waals surface area contributed by atoms with Gasteiger partial charge < -0.3 is 20.4 Å². The van der Waals surface area contributed by atoms with Crippen LogP contribution in [-0.4, -0.2) is 63.1 Å². The van der Waals surface area contributed by atoms with Crippen molar-refractivity contribution in [1.82, 2.24) is 24.3 Å². The summed E-state index contributed by atoms with van der Waals surface area (Å²) in [5, 5.41) is 6.60. The fourth-order valence-electron chi connectivity index (χ4n) is 3.89. The second-order valence-electron chi connectivity index (χ2n) is 8.84. The lowest BCUT2D eigenvalue weighted by Gasteiger charge is -2.34. The summed E-state index contributed by atoms with van der Waals surface area (Å²) in [7, 11) is -1.35. The van der Waals surface area contributed by atoms with Gasteiger partial charge in [0.15, 0.2) is 0 Å². The van der Waals surface area contributed by atoms with Crippen LogP contribution in [0.25, 0.3) is 0 Å². The molecule has 36 heavy (non-hydrogen) atoms. The molecular weight excluding hydrogens is 476 g/mol. The van der Waals surface area contributed by atoms with Crippen molar-refractivity contribution < 1.29 is 8.42 Å². The Hall–Kier alpha value is -3.25. The molecule has 2 heterocycles. The number of benzene rings is 2. The van der Waals surface area contributed by atoms with E-state index in [1.807, 2.05) is 43.3 Å². The Balaban J connectivity index is 1.40. The average molecular weight is 511 g/mol. The summed E-state index contributed by atoms with van der Waals surface area (Å²) in [5.41, 5.74) is 4.65. The standard InChI is InChI=1S/C25H34N8O2S/c1-4-27-36(34,35)28-18-20-6-5-7-22(16-20)29-24-19(2)17-26-25(31-24)30-21-8-10-23(11-9-21)33-14-12-32(3)13-15-33/h5-11,16-17,27-28H,4,12-15,18H2,1-3H3,(H2,26,29,30,31). The van der Waals surface area contributed by atoms with E-state index in [1.165, 1.54) is 5.69 Å². The number of nitrogens with zero attached hydrogens (tertiary/aromatic N) is 4. The third-order valence-electron chi connectivity index (χ3n) is 5.95. The number of aryl methyl sites for hydroxylation is 1. The van der Waals surface area contributed by atoms with Gasteiger partial charge in [-0.15, -0.1) is 0 Å². The van der Waals surface area contributed by atoms with Gasteiger partial charge in [-0.05, 0) is 55.9 Å². The van der Waals surface area contributed by atoms with E-state index < -0.39 is 10.2 Å². The molecule has 0 atom stereocenters. The molecule has 2 aromatic carbocycles. The Morgan fingerprint density at radius 3 is 2.42 bits per heavy atom. The molecule has 3 aromatic rings. The van der Waals surface area contributed by atoms with Gasteiger partial charge in [0, 0.05) is 68.1 Å². The van der Waals surface area contributed by atoms with Crippen molar-refractivity contribution in [2.75, 3.05) is 55.3 Å². The van der Waals surface area contributed by atoms with Crippen molar-refractivity contribution in [3.05, 3.63) is 65.9 Å². The molecule has 0 spiro atoms. The number of piperazine rings is 1. The van der Waals surface area contributed by atoms with E-state index in [-0.39, 0.29) is 6.54 Å². The van der Waals surface area contributed by atoms with Crippen LogP contribution in [0.3, 0.4) is 0 Å². The summed E-state index contributed by atoms with van der Waals surface area (Å²) < 4.78 is 28.7. The van der Waals surface area contributed by atoms with Gasteiger partial charge in [-0.3, -0.25) is 0 Å². The predicted octanol–water partition coefficient (Wildman–Crippen LogP) is 2.97. The summed E-state index contributed by atoms with van der Waals surface area (Å²) in [6.07, 6.45) is 1.77. The summed E-state index contributed by atoms with van der Waals surface area (Å²) in [6, 6.07) is 15.9. The van der Waals surface area contributed by atoms with Crippen LogP contribution < -0.4 is 25.0 Å². The van der Waals surface area contributed by atoms with E-state index in [4.69, 9.17) is 0 Å². The van der Waals surface area contributed by atoms with Crippen LogP contribution in [0.4, 0.5) is 28.8 Å². The Morgan fingerprint density at radius 2 is 1.69 bits per heavy atom. The normalized spacial score (nSPS) is 14.6. The van der Waals surface area contributed by atoms with Gasteiger partial charge in [0.1, 0.15) is 5.82 Å². The first-order valence-electron chi connectivity index (χ1n) is 12.1. The van der Waals surface area contributed by atoms with Crippen LogP contribution in [0.15, 0.2) is 54.7 Å². The van der Waals surface area contributed by atoms with Gasteiger partial charge in [0.2, 0.25) is 5.95 Å². The van der Waals surface area contributed by atoms with Crippen LogP contribution in [0, 0.1) is 6.92 Å². The smallest absolute Gasteiger partial charge is 0.277 e. The van der Waals surface area contributed by atoms with Crippen molar-refractivity contribution in [3.63, 3.8) is 0 Å². The van der Waals surface area contributed by atoms with Gasteiger partial charge >= 0.3 is 0 Å². The summed E-state index contributed by atoms with van der Waals surface area (Å²) in [6.45, 7) is 8.39. The van der Waals surface area contributed by atoms with Gasteiger partial charge in [-0.1, -0.05) is 19.1 Å². The Labute approximate surface area is 213 Å². The third-order valence-corrected chi connectivity index (χ3v) is 7.15. The van der Waals surface area contributed by atoms with E-state index in [1.54, 1.807) is 13.1 Å². The van der Waals surface area contributed by atoms with E-state index in [9.17, 15) is 8.42 Å². The van der Waals surface area contributed by atoms with E-state index in [0.29, 0.717) is 18.3 Å². The zero-order valence-corrected chi connectivity index (χ0v) is 21.8. The molecule has 1 aromatic heterocycles. The maximum atomic E-state index is 11.9. The first kappa shape index (κ1) is 25.8. The highest BCUT2D eigenvalue weighted by Gasteiger charge is 2.14. The number of aromatic nitrogens is 2. The number of likely N-dealkylation sites (N-methyl/N-ethyl adjacent to an activating group) is 1. The van der Waals surface area contributed by atoms with E-state index in [2.05, 4.69) is 59.0 Å². The Kier molecular flexibility index (Phi) is 8.36. The van der Waals surface area contributed by atoms with Crippen LogP contribution in [0.2, 0.25) is 0 Å². The summed E-state index contributed by atoms with van der Waals surface area (Å²) in [4.78, 5) is 13.8. The van der Waals surface area contributed by atoms with Gasteiger partial charge in [0.05, 0.1) is 0 Å². The van der Waals surface area contributed by atoms with Crippen molar-refractivity contribution in [2.45, 2.75) is 20.4 Å². The molecule has 0 amide bonds. The van der Waals surface area contributed by atoms with Crippen molar-refractivity contribution in [2.24, 2.45) is 0 Å². The minimum absolute atomic E-state index is 0.185. The van der Waals surface area contributed by atoms with Crippen molar-refractivity contribution >= 4 is 39.0 Å². The van der Waals surface area contributed by atoms with Crippen LogP contribution in [0.5, 0.6) is 0 Å². The number of hydrogen-bond acceptors (Lipinski definition) is 8. The molecule has 0 unspecified atom stereocenters. The molecule has 1 fully saturated rings. The molecule has 4 rings (SSSR count). The van der Waals surface area contributed by atoms with Crippen molar-refractivity contribution in [3.8, 4) is 0 Å². The summed E-state index contributed by atoms with van der Waals surface area (Å²) in [5.74, 6) is 1.16. The minimum atomic E-state index is -3.51. The SMILES string of the molecule is CCNS(=O)(=O)NCc1cccc(Nc2nc(Nc3ccc(N4CCN(C)CC4)cc3)ncc2C)c1. The lowest BCUT2D eigenvalue weighted by molar-refractivity contribution is 0.313. The van der Waals surface area contributed by atoms with Crippen molar-refractivity contribution in [1.29, 1.82) is 0 Å². The topological polar surface area (TPSA) is 115 Å². The average Bonchev–Trinajstić information content (AvgIpc) is 2.86. The monoisotopic (exact) mass is 510 g/mol. The molecule has 10 nitrogen and oxygen atoms in total.